The lowest BCUT2D eigenvalue weighted by molar-refractivity contribution is -0.121. The molecule has 2 rings (SSSR count). The van der Waals surface area contributed by atoms with Crippen LogP contribution >= 0.6 is 23.2 Å². The van der Waals surface area contributed by atoms with Crippen LogP contribution in [-0.4, -0.2) is 12.5 Å². The summed E-state index contributed by atoms with van der Waals surface area (Å²) in [7, 11) is 0. The Kier molecular flexibility index (Phi) is 7.12. The number of hydrogen-bond donors (Lipinski definition) is 1. The third-order valence-corrected chi connectivity index (χ3v) is 4.15. The average Bonchev–Trinajstić information content (AvgIpc) is 2.60. The largest absolute Gasteiger partial charge is 0.492 e. The number of carbonyl (C=O) groups excluding carboxylic acids is 1. The van der Waals surface area contributed by atoms with Crippen molar-refractivity contribution >= 4 is 29.1 Å². The van der Waals surface area contributed by atoms with Crippen LogP contribution in [0.3, 0.4) is 0 Å². The smallest absolute Gasteiger partial charge is 0.220 e. The number of ether oxygens (including phenoxy) is 1. The quantitative estimate of drug-likeness (QED) is 0.698. The first-order valence-electron chi connectivity index (χ1n) is 7.87. The van der Waals surface area contributed by atoms with E-state index in [2.05, 4.69) is 11.4 Å². The van der Waals surface area contributed by atoms with Gasteiger partial charge in [-0.15, -0.1) is 0 Å². The fourth-order valence-corrected chi connectivity index (χ4v) is 2.71. The van der Waals surface area contributed by atoms with Gasteiger partial charge in [0.25, 0.3) is 0 Å². The average molecular weight is 377 g/mol. The van der Waals surface area contributed by atoms with Crippen LogP contribution in [0.2, 0.25) is 10.0 Å². The van der Waals surface area contributed by atoms with Gasteiger partial charge >= 0.3 is 0 Å². The summed E-state index contributed by atoms with van der Waals surface area (Å²) in [5.41, 5.74) is 1.55. The molecular formula is C19H18Cl2N2O2. The Morgan fingerprint density at radius 1 is 1.24 bits per heavy atom. The van der Waals surface area contributed by atoms with Crippen molar-refractivity contribution in [1.29, 1.82) is 5.26 Å². The van der Waals surface area contributed by atoms with Crippen molar-refractivity contribution in [3.05, 3.63) is 63.6 Å². The molecule has 1 atom stereocenters. The van der Waals surface area contributed by atoms with Gasteiger partial charge in [-0.3, -0.25) is 4.79 Å². The van der Waals surface area contributed by atoms with Gasteiger partial charge in [0.2, 0.25) is 5.91 Å². The highest BCUT2D eigenvalue weighted by atomic mass is 35.5. The van der Waals surface area contributed by atoms with E-state index in [0.29, 0.717) is 40.8 Å². The molecule has 0 heterocycles. The van der Waals surface area contributed by atoms with Crippen LogP contribution < -0.4 is 10.1 Å². The minimum Gasteiger partial charge on any atom is -0.492 e. The molecule has 6 heteroatoms. The van der Waals surface area contributed by atoms with Crippen molar-refractivity contribution in [3.8, 4) is 11.8 Å². The van der Waals surface area contributed by atoms with E-state index in [4.69, 9.17) is 33.2 Å². The highest BCUT2D eigenvalue weighted by Gasteiger charge is 2.10. The molecule has 0 spiro atoms. The second-order valence-electron chi connectivity index (χ2n) is 5.55. The molecule has 1 N–H and O–H groups in total. The van der Waals surface area contributed by atoms with Gasteiger partial charge in [-0.25, -0.2) is 0 Å². The highest BCUT2D eigenvalue weighted by Crippen LogP contribution is 2.27. The molecule has 0 aliphatic heterocycles. The zero-order valence-electron chi connectivity index (χ0n) is 13.8. The number of amides is 1. The van der Waals surface area contributed by atoms with Gasteiger partial charge in [0.15, 0.2) is 0 Å². The molecule has 25 heavy (non-hydrogen) atoms. The Morgan fingerprint density at radius 2 is 1.96 bits per heavy atom. The summed E-state index contributed by atoms with van der Waals surface area (Å²) < 4.78 is 5.56. The van der Waals surface area contributed by atoms with Gasteiger partial charge in [-0.1, -0.05) is 35.3 Å². The molecule has 0 bridgehead atoms. The highest BCUT2D eigenvalue weighted by molar-refractivity contribution is 6.35. The summed E-state index contributed by atoms with van der Waals surface area (Å²) in [6.45, 7) is 2.29. The summed E-state index contributed by atoms with van der Waals surface area (Å²) in [6, 6.07) is 14.1. The third-order valence-electron chi connectivity index (χ3n) is 3.62. The molecule has 1 unspecified atom stereocenters. The fourth-order valence-electron chi connectivity index (χ4n) is 2.25. The lowest BCUT2D eigenvalue weighted by atomic mass is 10.1. The number of benzene rings is 2. The van der Waals surface area contributed by atoms with E-state index in [1.54, 1.807) is 30.3 Å². The van der Waals surface area contributed by atoms with Gasteiger partial charge in [0.1, 0.15) is 5.75 Å². The van der Waals surface area contributed by atoms with Gasteiger partial charge < -0.3 is 10.1 Å². The molecule has 0 radical (unpaired) electrons. The van der Waals surface area contributed by atoms with Crippen molar-refractivity contribution in [1.82, 2.24) is 5.32 Å². The number of nitrogens with one attached hydrogen (secondary N) is 1. The lowest BCUT2D eigenvalue weighted by Crippen LogP contribution is -2.26. The molecule has 0 aromatic heterocycles. The van der Waals surface area contributed by atoms with E-state index in [9.17, 15) is 4.79 Å². The van der Waals surface area contributed by atoms with Crippen molar-refractivity contribution in [2.45, 2.75) is 25.8 Å². The van der Waals surface area contributed by atoms with Crippen molar-refractivity contribution in [3.63, 3.8) is 0 Å². The first kappa shape index (κ1) is 19.1. The second-order valence-corrected chi connectivity index (χ2v) is 6.39. The predicted octanol–water partition coefficient (Wildman–Crippen LogP) is 4.90. The molecule has 1 amide bonds. The molecule has 4 nitrogen and oxygen atoms in total. The Labute approximate surface area is 157 Å². The maximum Gasteiger partial charge on any atom is 0.220 e. The van der Waals surface area contributed by atoms with Crippen molar-refractivity contribution < 1.29 is 9.53 Å². The Morgan fingerprint density at radius 3 is 2.60 bits per heavy atom. The first-order valence-corrected chi connectivity index (χ1v) is 8.62. The predicted molar refractivity (Wildman–Crippen MR) is 98.9 cm³/mol. The summed E-state index contributed by atoms with van der Waals surface area (Å²) in [5.74, 6) is 0.500. The molecule has 130 valence electrons. The van der Waals surface area contributed by atoms with E-state index in [1.807, 2.05) is 19.1 Å². The molecule has 0 saturated carbocycles. The van der Waals surface area contributed by atoms with Crippen LogP contribution in [0.5, 0.6) is 5.75 Å². The zero-order chi connectivity index (χ0) is 18.2. The molecule has 2 aromatic carbocycles. The van der Waals surface area contributed by atoms with Gasteiger partial charge in [-0.2, -0.15) is 5.26 Å². The normalized spacial score (nSPS) is 11.4. The Bertz CT molecular complexity index is 770. The molecular weight excluding hydrogens is 359 g/mol. The van der Waals surface area contributed by atoms with Crippen LogP contribution in [0.25, 0.3) is 0 Å². The monoisotopic (exact) mass is 376 g/mol. The van der Waals surface area contributed by atoms with Crippen LogP contribution in [0, 0.1) is 11.3 Å². The van der Waals surface area contributed by atoms with E-state index in [0.717, 1.165) is 5.56 Å². The summed E-state index contributed by atoms with van der Waals surface area (Å²) >= 11 is 11.8. The van der Waals surface area contributed by atoms with Crippen LogP contribution in [0.4, 0.5) is 0 Å². The molecule has 0 aliphatic rings. The van der Waals surface area contributed by atoms with E-state index >= 15 is 0 Å². The first-order chi connectivity index (χ1) is 12.0. The van der Waals surface area contributed by atoms with Crippen molar-refractivity contribution in [2.24, 2.45) is 0 Å². The molecule has 0 aliphatic carbocycles. The fraction of sp³-hybridized carbons (Fsp3) is 0.263. The molecule has 2 aromatic rings. The number of carbonyl (C=O) groups is 1. The van der Waals surface area contributed by atoms with Gasteiger partial charge in [0.05, 0.1) is 29.3 Å². The molecule has 0 fully saturated rings. The number of rotatable bonds is 7. The van der Waals surface area contributed by atoms with Crippen LogP contribution in [0.15, 0.2) is 42.5 Å². The maximum absolute atomic E-state index is 12.0. The van der Waals surface area contributed by atoms with Crippen LogP contribution in [0.1, 0.15) is 36.9 Å². The van der Waals surface area contributed by atoms with E-state index < -0.39 is 0 Å². The van der Waals surface area contributed by atoms with Crippen LogP contribution in [-0.2, 0) is 4.79 Å². The van der Waals surface area contributed by atoms with Crippen molar-refractivity contribution in [2.75, 3.05) is 6.61 Å². The number of nitriles is 1. The second kappa shape index (κ2) is 9.31. The zero-order valence-corrected chi connectivity index (χ0v) is 15.3. The third kappa shape index (κ3) is 5.97. The standard InChI is InChI=1S/C19H18Cl2N2O2/c1-13(15-6-4-14(12-22)5-7-15)23-19(24)3-2-10-25-18-9-8-16(20)11-17(18)21/h4-9,11,13H,2-3,10H2,1H3,(H,23,24). The minimum atomic E-state index is -0.119. The Hall–Kier alpha value is -2.22. The summed E-state index contributed by atoms with van der Waals surface area (Å²) in [5, 5.41) is 12.7. The van der Waals surface area contributed by atoms with Gasteiger partial charge in [-0.05, 0) is 49.2 Å². The van der Waals surface area contributed by atoms with E-state index in [-0.39, 0.29) is 11.9 Å². The molecule has 0 saturated heterocycles. The maximum atomic E-state index is 12.0. The van der Waals surface area contributed by atoms with E-state index in [1.165, 1.54) is 0 Å². The topological polar surface area (TPSA) is 62.1 Å². The SMILES string of the molecule is CC(NC(=O)CCCOc1ccc(Cl)cc1Cl)c1ccc(C#N)cc1. The summed E-state index contributed by atoms with van der Waals surface area (Å²) in [4.78, 5) is 12.0. The minimum absolute atomic E-state index is 0.0531. The lowest BCUT2D eigenvalue weighted by Gasteiger charge is -2.14. The Balaban J connectivity index is 1.73. The number of halogens is 2. The summed E-state index contributed by atoms with van der Waals surface area (Å²) in [6.07, 6.45) is 0.927. The number of hydrogen-bond acceptors (Lipinski definition) is 3. The van der Waals surface area contributed by atoms with Gasteiger partial charge in [0, 0.05) is 11.4 Å². The number of nitrogens with zero attached hydrogens (tertiary/aromatic N) is 1.